The molecule has 1 saturated heterocycles. The Bertz CT molecular complexity index is 538. The van der Waals surface area contributed by atoms with Crippen molar-refractivity contribution in [3.63, 3.8) is 0 Å². The Morgan fingerprint density at radius 3 is 2.53 bits per heavy atom. The van der Waals surface area contributed by atoms with E-state index in [1.807, 2.05) is 18.2 Å². The van der Waals surface area contributed by atoms with Crippen molar-refractivity contribution in [3.8, 4) is 0 Å². The van der Waals surface area contributed by atoms with Crippen molar-refractivity contribution in [3.05, 3.63) is 70.7 Å². The molecule has 1 nitrogen and oxygen atoms in total. The van der Waals surface area contributed by atoms with Crippen LogP contribution in [0, 0.1) is 0 Å². The quantitative estimate of drug-likeness (QED) is 0.749. The van der Waals surface area contributed by atoms with Gasteiger partial charge < -0.3 is 4.74 Å². The van der Waals surface area contributed by atoms with Gasteiger partial charge in [-0.2, -0.15) is 0 Å². The van der Waals surface area contributed by atoms with Crippen LogP contribution in [0.1, 0.15) is 36.0 Å². The minimum absolute atomic E-state index is 0.164. The standard InChI is InChI=1S/C17H17ClO/c18-16-8-4-7-15(11-16)17-12-14(9-10-19-17)13-5-2-1-3-6-13/h1-8,11,14,17H,9-10,12H2/t14-,17+/m0/s1. The van der Waals surface area contributed by atoms with Gasteiger partial charge in [0.15, 0.2) is 0 Å². The number of benzene rings is 2. The van der Waals surface area contributed by atoms with Crippen LogP contribution in [0.5, 0.6) is 0 Å². The van der Waals surface area contributed by atoms with Crippen LogP contribution in [-0.4, -0.2) is 6.61 Å². The normalized spacial score (nSPS) is 23.2. The number of ether oxygens (including phenoxy) is 1. The van der Waals surface area contributed by atoms with Gasteiger partial charge in [0.05, 0.1) is 6.10 Å². The van der Waals surface area contributed by atoms with Gasteiger partial charge in [0.2, 0.25) is 0 Å². The molecular formula is C17H17ClO. The van der Waals surface area contributed by atoms with Crippen molar-refractivity contribution in [2.24, 2.45) is 0 Å². The lowest BCUT2D eigenvalue weighted by Crippen LogP contribution is -2.18. The van der Waals surface area contributed by atoms with Crippen molar-refractivity contribution < 1.29 is 4.74 Å². The zero-order chi connectivity index (χ0) is 13.1. The second-order valence-corrected chi connectivity index (χ2v) is 5.48. The average molecular weight is 273 g/mol. The smallest absolute Gasteiger partial charge is 0.0831 e. The summed E-state index contributed by atoms with van der Waals surface area (Å²) in [6, 6.07) is 18.7. The Labute approximate surface area is 119 Å². The van der Waals surface area contributed by atoms with E-state index >= 15 is 0 Å². The zero-order valence-corrected chi connectivity index (χ0v) is 11.5. The van der Waals surface area contributed by atoms with Gasteiger partial charge in [-0.15, -0.1) is 0 Å². The highest BCUT2D eigenvalue weighted by Crippen LogP contribution is 2.37. The number of rotatable bonds is 2. The molecule has 1 fully saturated rings. The fourth-order valence-corrected chi connectivity index (χ4v) is 2.96. The lowest BCUT2D eigenvalue weighted by molar-refractivity contribution is 0.00527. The average Bonchev–Trinajstić information content (AvgIpc) is 2.48. The summed E-state index contributed by atoms with van der Waals surface area (Å²) in [6.07, 6.45) is 2.29. The van der Waals surface area contributed by atoms with E-state index in [9.17, 15) is 0 Å². The Morgan fingerprint density at radius 2 is 1.74 bits per heavy atom. The summed E-state index contributed by atoms with van der Waals surface area (Å²) in [5, 5.41) is 0.780. The first-order valence-electron chi connectivity index (χ1n) is 6.75. The molecule has 0 saturated carbocycles. The Kier molecular flexibility index (Phi) is 3.86. The van der Waals surface area contributed by atoms with E-state index in [0.717, 1.165) is 24.5 Å². The summed E-state index contributed by atoms with van der Waals surface area (Å²) in [7, 11) is 0. The second-order valence-electron chi connectivity index (χ2n) is 5.05. The van der Waals surface area contributed by atoms with Gasteiger partial charge in [-0.1, -0.05) is 54.1 Å². The van der Waals surface area contributed by atoms with E-state index in [4.69, 9.17) is 16.3 Å². The molecule has 0 radical (unpaired) electrons. The fraction of sp³-hybridized carbons (Fsp3) is 0.294. The first-order chi connectivity index (χ1) is 9.33. The van der Waals surface area contributed by atoms with Gasteiger partial charge in [-0.05, 0) is 42.0 Å². The van der Waals surface area contributed by atoms with E-state index in [1.54, 1.807) is 0 Å². The van der Waals surface area contributed by atoms with Gasteiger partial charge >= 0.3 is 0 Å². The summed E-state index contributed by atoms with van der Waals surface area (Å²) >= 11 is 6.06. The van der Waals surface area contributed by atoms with Crippen LogP contribution in [-0.2, 0) is 4.74 Å². The van der Waals surface area contributed by atoms with Crippen molar-refractivity contribution in [1.29, 1.82) is 0 Å². The summed E-state index contributed by atoms with van der Waals surface area (Å²) in [4.78, 5) is 0. The summed E-state index contributed by atoms with van der Waals surface area (Å²) in [5.41, 5.74) is 2.60. The molecule has 1 heterocycles. The van der Waals surface area contributed by atoms with Gasteiger partial charge in [0.1, 0.15) is 0 Å². The van der Waals surface area contributed by atoms with Crippen LogP contribution >= 0.6 is 11.6 Å². The predicted molar refractivity (Wildman–Crippen MR) is 78.6 cm³/mol. The van der Waals surface area contributed by atoms with Crippen molar-refractivity contribution >= 4 is 11.6 Å². The molecule has 2 atom stereocenters. The van der Waals surface area contributed by atoms with Gasteiger partial charge in [0, 0.05) is 11.6 Å². The van der Waals surface area contributed by atoms with Crippen LogP contribution in [0.15, 0.2) is 54.6 Å². The van der Waals surface area contributed by atoms with Crippen LogP contribution in [0.2, 0.25) is 5.02 Å². The van der Waals surface area contributed by atoms with E-state index in [-0.39, 0.29) is 6.10 Å². The maximum absolute atomic E-state index is 6.06. The fourth-order valence-electron chi connectivity index (χ4n) is 2.76. The molecule has 98 valence electrons. The third kappa shape index (κ3) is 2.99. The molecule has 1 aliphatic rings. The lowest BCUT2D eigenvalue weighted by Gasteiger charge is -2.30. The van der Waals surface area contributed by atoms with Crippen LogP contribution in [0.3, 0.4) is 0 Å². The molecular weight excluding hydrogens is 256 g/mol. The van der Waals surface area contributed by atoms with E-state index in [0.29, 0.717) is 5.92 Å². The first kappa shape index (κ1) is 12.7. The highest BCUT2D eigenvalue weighted by Gasteiger charge is 2.24. The summed E-state index contributed by atoms with van der Waals surface area (Å²) < 4.78 is 5.91. The Morgan fingerprint density at radius 1 is 0.947 bits per heavy atom. The minimum atomic E-state index is 0.164. The SMILES string of the molecule is Clc1cccc([C@H]2C[C@@H](c3ccccc3)CCO2)c1. The number of hydrogen-bond acceptors (Lipinski definition) is 1. The summed E-state index contributed by atoms with van der Waals surface area (Å²) in [5.74, 6) is 0.582. The molecule has 2 aromatic rings. The molecule has 3 rings (SSSR count). The monoisotopic (exact) mass is 272 g/mol. The molecule has 1 aliphatic heterocycles. The molecule has 0 N–H and O–H groups in total. The maximum atomic E-state index is 6.06. The Hall–Kier alpha value is -1.31. The third-order valence-electron chi connectivity index (χ3n) is 3.78. The van der Waals surface area contributed by atoms with E-state index in [1.165, 1.54) is 11.1 Å². The van der Waals surface area contributed by atoms with Gasteiger partial charge in [-0.25, -0.2) is 0 Å². The molecule has 0 aliphatic carbocycles. The molecule has 2 heteroatoms. The third-order valence-corrected chi connectivity index (χ3v) is 4.01. The van der Waals surface area contributed by atoms with Crippen molar-refractivity contribution in [1.82, 2.24) is 0 Å². The highest BCUT2D eigenvalue weighted by molar-refractivity contribution is 6.30. The van der Waals surface area contributed by atoms with Gasteiger partial charge in [0.25, 0.3) is 0 Å². The second kappa shape index (κ2) is 5.77. The maximum Gasteiger partial charge on any atom is 0.0831 e. The highest BCUT2D eigenvalue weighted by atomic mass is 35.5. The van der Waals surface area contributed by atoms with Crippen LogP contribution in [0.25, 0.3) is 0 Å². The number of halogens is 1. The zero-order valence-electron chi connectivity index (χ0n) is 10.8. The molecule has 0 spiro atoms. The molecule has 0 bridgehead atoms. The van der Waals surface area contributed by atoms with Crippen LogP contribution < -0.4 is 0 Å². The largest absolute Gasteiger partial charge is 0.373 e. The molecule has 0 aromatic heterocycles. The predicted octanol–water partition coefficient (Wildman–Crippen LogP) is 4.98. The van der Waals surface area contributed by atoms with Crippen molar-refractivity contribution in [2.75, 3.05) is 6.61 Å². The van der Waals surface area contributed by atoms with Gasteiger partial charge in [-0.3, -0.25) is 0 Å². The lowest BCUT2D eigenvalue weighted by atomic mass is 9.86. The minimum Gasteiger partial charge on any atom is -0.373 e. The van der Waals surface area contributed by atoms with Crippen LogP contribution in [0.4, 0.5) is 0 Å². The molecule has 0 unspecified atom stereocenters. The molecule has 19 heavy (non-hydrogen) atoms. The molecule has 0 amide bonds. The topological polar surface area (TPSA) is 9.23 Å². The molecule has 2 aromatic carbocycles. The summed E-state index contributed by atoms with van der Waals surface area (Å²) in [6.45, 7) is 0.816. The van der Waals surface area contributed by atoms with E-state index < -0.39 is 0 Å². The first-order valence-corrected chi connectivity index (χ1v) is 7.13. The number of hydrogen-bond donors (Lipinski definition) is 0. The van der Waals surface area contributed by atoms with E-state index in [2.05, 4.69) is 36.4 Å². The van der Waals surface area contributed by atoms with Crippen molar-refractivity contribution in [2.45, 2.75) is 24.9 Å². The Balaban J connectivity index is 1.78.